The van der Waals surface area contributed by atoms with Crippen molar-refractivity contribution in [3.05, 3.63) is 54.4 Å². The molecule has 2 N–H and O–H groups in total. The first-order valence-corrected chi connectivity index (χ1v) is 7.72. The average molecular weight is 311 g/mol. The largest absolute Gasteiger partial charge is 0.326 e. The lowest BCUT2D eigenvalue weighted by atomic mass is 10.1. The van der Waals surface area contributed by atoms with Crippen LogP contribution in [0, 0.1) is 5.92 Å². The molecule has 1 unspecified atom stereocenters. The van der Waals surface area contributed by atoms with Crippen molar-refractivity contribution in [3.63, 3.8) is 0 Å². The molecule has 2 rings (SSSR count). The van der Waals surface area contributed by atoms with Crippen LogP contribution in [0.5, 0.6) is 0 Å². The van der Waals surface area contributed by atoms with E-state index in [9.17, 15) is 9.59 Å². The van der Waals surface area contributed by atoms with Gasteiger partial charge in [-0.05, 0) is 36.8 Å². The molecule has 1 aromatic heterocycles. The summed E-state index contributed by atoms with van der Waals surface area (Å²) in [4.78, 5) is 28.1. The molecule has 0 fully saturated rings. The number of carbonyl (C=O) groups is 2. The van der Waals surface area contributed by atoms with Gasteiger partial charge < -0.3 is 10.6 Å². The van der Waals surface area contributed by atoms with Gasteiger partial charge in [-0.15, -0.1) is 0 Å². The highest BCUT2D eigenvalue weighted by molar-refractivity contribution is 6.04. The molecular weight excluding hydrogens is 290 g/mol. The molecule has 5 nitrogen and oxygen atoms in total. The number of amides is 2. The number of hydrogen-bond acceptors (Lipinski definition) is 3. The quantitative estimate of drug-likeness (QED) is 0.854. The molecule has 0 aliphatic heterocycles. The summed E-state index contributed by atoms with van der Waals surface area (Å²) < 4.78 is 0. The van der Waals surface area contributed by atoms with Gasteiger partial charge in [0.05, 0.1) is 0 Å². The Bertz CT molecular complexity index is 671. The third-order valence-corrected chi connectivity index (χ3v) is 3.50. The minimum atomic E-state index is -0.213. The molecule has 0 bridgehead atoms. The number of carbonyl (C=O) groups excluding carboxylic acids is 2. The second-order valence-corrected chi connectivity index (χ2v) is 5.45. The molecule has 0 aliphatic carbocycles. The van der Waals surface area contributed by atoms with E-state index in [1.807, 2.05) is 6.92 Å². The number of pyridine rings is 1. The first-order chi connectivity index (χ1) is 11.1. The smallest absolute Gasteiger partial charge is 0.255 e. The normalized spacial score (nSPS) is 11.6. The molecule has 1 heterocycles. The standard InChI is InChI=1S/C18H21N3O2/c1-3-5-13(2)17(22)20-15-6-4-7-16(12-15)21-18(23)14-8-10-19-11-9-14/h4,6-13H,3,5H2,1-2H3,(H,20,22)(H,21,23). The van der Waals surface area contributed by atoms with Crippen molar-refractivity contribution in [1.82, 2.24) is 4.98 Å². The van der Waals surface area contributed by atoms with E-state index >= 15 is 0 Å². The van der Waals surface area contributed by atoms with Gasteiger partial charge in [-0.1, -0.05) is 26.3 Å². The highest BCUT2D eigenvalue weighted by atomic mass is 16.2. The summed E-state index contributed by atoms with van der Waals surface area (Å²) in [6, 6.07) is 10.4. The summed E-state index contributed by atoms with van der Waals surface area (Å²) in [7, 11) is 0. The molecule has 0 saturated carbocycles. The van der Waals surface area contributed by atoms with Crippen LogP contribution in [0.4, 0.5) is 11.4 Å². The molecule has 0 aliphatic rings. The summed E-state index contributed by atoms with van der Waals surface area (Å²) in [6.45, 7) is 3.97. The van der Waals surface area contributed by atoms with E-state index in [1.165, 1.54) is 0 Å². The maximum absolute atomic E-state index is 12.1. The van der Waals surface area contributed by atoms with Crippen molar-refractivity contribution in [1.29, 1.82) is 0 Å². The maximum Gasteiger partial charge on any atom is 0.255 e. The summed E-state index contributed by atoms with van der Waals surface area (Å²) in [5, 5.41) is 5.69. The van der Waals surface area contributed by atoms with Crippen LogP contribution in [0.25, 0.3) is 0 Å². The van der Waals surface area contributed by atoms with Gasteiger partial charge in [0.25, 0.3) is 5.91 Å². The van der Waals surface area contributed by atoms with Crippen LogP contribution in [-0.4, -0.2) is 16.8 Å². The molecule has 5 heteroatoms. The van der Waals surface area contributed by atoms with Crippen molar-refractivity contribution >= 4 is 23.2 Å². The molecule has 23 heavy (non-hydrogen) atoms. The first kappa shape index (κ1) is 16.7. The number of benzene rings is 1. The molecule has 2 aromatic rings. The van der Waals surface area contributed by atoms with E-state index in [2.05, 4.69) is 22.5 Å². The lowest BCUT2D eigenvalue weighted by Gasteiger charge is -2.12. The second kappa shape index (κ2) is 8.08. The molecular formula is C18H21N3O2. The fourth-order valence-corrected chi connectivity index (χ4v) is 2.21. The van der Waals surface area contributed by atoms with Crippen LogP contribution in [0.1, 0.15) is 37.0 Å². The number of nitrogens with zero attached hydrogens (tertiary/aromatic N) is 1. The Hall–Kier alpha value is -2.69. The molecule has 2 amide bonds. The lowest BCUT2D eigenvalue weighted by molar-refractivity contribution is -0.119. The lowest BCUT2D eigenvalue weighted by Crippen LogP contribution is -2.20. The molecule has 1 aromatic carbocycles. The Morgan fingerprint density at radius 1 is 1.09 bits per heavy atom. The Kier molecular flexibility index (Phi) is 5.86. The van der Waals surface area contributed by atoms with Crippen LogP contribution in [0.2, 0.25) is 0 Å². The maximum atomic E-state index is 12.1. The predicted molar refractivity (Wildman–Crippen MR) is 91.3 cm³/mol. The number of aromatic nitrogens is 1. The number of nitrogens with one attached hydrogen (secondary N) is 2. The highest BCUT2D eigenvalue weighted by Crippen LogP contribution is 2.17. The van der Waals surface area contributed by atoms with Gasteiger partial charge in [0, 0.05) is 35.2 Å². The minimum Gasteiger partial charge on any atom is -0.326 e. The zero-order valence-corrected chi connectivity index (χ0v) is 13.4. The zero-order chi connectivity index (χ0) is 16.7. The van der Waals surface area contributed by atoms with Gasteiger partial charge in [-0.2, -0.15) is 0 Å². The van der Waals surface area contributed by atoms with E-state index in [0.29, 0.717) is 16.9 Å². The van der Waals surface area contributed by atoms with Gasteiger partial charge in [0.1, 0.15) is 0 Å². The second-order valence-electron chi connectivity index (χ2n) is 5.45. The fourth-order valence-electron chi connectivity index (χ4n) is 2.21. The van der Waals surface area contributed by atoms with Crippen LogP contribution in [0.3, 0.4) is 0 Å². The van der Waals surface area contributed by atoms with Crippen LogP contribution >= 0.6 is 0 Å². The summed E-state index contributed by atoms with van der Waals surface area (Å²) in [5.74, 6) is -0.255. The summed E-state index contributed by atoms with van der Waals surface area (Å²) in [5.41, 5.74) is 1.84. The van der Waals surface area contributed by atoms with Crippen molar-refractivity contribution < 1.29 is 9.59 Å². The third kappa shape index (κ3) is 4.92. The Morgan fingerprint density at radius 3 is 2.39 bits per heavy atom. The molecule has 120 valence electrons. The van der Waals surface area contributed by atoms with Gasteiger partial charge in [0.15, 0.2) is 0 Å². The third-order valence-electron chi connectivity index (χ3n) is 3.50. The van der Waals surface area contributed by atoms with Gasteiger partial charge in [-0.25, -0.2) is 0 Å². The van der Waals surface area contributed by atoms with E-state index in [1.54, 1.807) is 48.8 Å². The van der Waals surface area contributed by atoms with Crippen LogP contribution in [-0.2, 0) is 4.79 Å². The minimum absolute atomic E-state index is 0.00976. The Morgan fingerprint density at radius 2 is 1.74 bits per heavy atom. The van der Waals surface area contributed by atoms with Gasteiger partial charge in [-0.3, -0.25) is 14.6 Å². The SMILES string of the molecule is CCCC(C)C(=O)Nc1cccc(NC(=O)c2ccncc2)c1. The molecule has 0 spiro atoms. The Balaban J connectivity index is 2.02. The van der Waals surface area contributed by atoms with E-state index < -0.39 is 0 Å². The van der Waals surface area contributed by atoms with Crippen LogP contribution < -0.4 is 10.6 Å². The highest BCUT2D eigenvalue weighted by Gasteiger charge is 2.12. The fraction of sp³-hybridized carbons (Fsp3) is 0.278. The van der Waals surface area contributed by atoms with E-state index in [0.717, 1.165) is 12.8 Å². The van der Waals surface area contributed by atoms with Crippen molar-refractivity contribution in [2.75, 3.05) is 10.6 Å². The van der Waals surface area contributed by atoms with Crippen molar-refractivity contribution in [3.8, 4) is 0 Å². The topological polar surface area (TPSA) is 71.1 Å². The van der Waals surface area contributed by atoms with E-state index in [4.69, 9.17) is 0 Å². The summed E-state index contributed by atoms with van der Waals surface area (Å²) >= 11 is 0. The molecule has 0 radical (unpaired) electrons. The predicted octanol–water partition coefficient (Wildman–Crippen LogP) is 3.71. The summed E-state index contributed by atoms with van der Waals surface area (Å²) in [6.07, 6.45) is 4.96. The Labute approximate surface area is 136 Å². The monoisotopic (exact) mass is 311 g/mol. The van der Waals surface area contributed by atoms with Gasteiger partial charge in [0.2, 0.25) is 5.91 Å². The van der Waals surface area contributed by atoms with E-state index in [-0.39, 0.29) is 17.7 Å². The van der Waals surface area contributed by atoms with Crippen molar-refractivity contribution in [2.45, 2.75) is 26.7 Å². The van der Waals surface area contributed by atoms with Gasteiger partial charge >= 0.3 is 0 Å². The van der Waals surface area contributed by atoms with Crippen LogP contribution in [0.15, 0.2) is 48.8 Å². The number of rotatable bonds is 6. The average Bonchev–Trinajstić information content (AvgIpc) is 2.56. The zero-order valence-electron chi connectivity index (χ0n) is 13.4. The molecule has 1 atom stereocenters. The molecule has 0 saturated heterocycles. The first-order valence-electron chi connectivity index (χ1n) is 7.72. The number of anilines is 2. The van der Waals surface area contributed by atoms with Crippen molar-refractivity contribution in [2.24, 2.45) is 5.92 Å². The number of hydrogen-bond donors (Lipinski definition) is 2.